The second-order valence-electron chi connectivity index (χ2n) is 5.77. The number of anilines is 1. The topological polar surface area (TPSA) is 81.1 Å². The largest absolute Gasteiger partial charge is 0.323 e. The van der Waals surface area contributed by atoms with E-state index < -0.39 is 9.84 Å². The van der Waals surface area contributed by atoms with Gasteiger partial charge in [-0.1, -0.05) is 36.8 Å². The third kappa shape index (κ3) is 5.81. The first-order valence-electron chi connectivity index (χ1n) is 7.96. The fourth-order valence-electron chi connectivity index (χ4n) is 2.28. The second kappa shape index (κ2) is 8.10. The molecule has 0 atom stereocenters. The summed E-state index contributed by atoms with van der Waals surface area (Å²) in [6.45, 7) is 3.93. The highest BCUT2D eigenvalue weighted by Gasteiger charge is 2.09. The molecule has 1 N–H and O–H groups in total. The third-order valence-electron chi connectivity index (χ3n) is 3.71. The molecule has 1 amide bonds. The van der Waals surface area contributed by atoms with Crippen LogP contribution in [0.2, 0.25) is 0 Å². The number of benzene rings is 1. The molecule has 0 fully saturated rings. The summed E-state index contributed by atoms with van der Waals surface area (Å²) >= 11 is 0. The molecule has 0 saturated carbocycles. The van der Waals surface area contributed by atoms with Gasteiger partial charge in [0.25, 0.3) is 0 Å². The van der Waals surface area contributed by atoms with Crippen LogP contribution in [0.5, 0.6) is 0 Å². The van der Waals surface area contributed by atoms with Crippen LogP contribution in [-0.2, 0) is 27.6 Å². The Kier molecular flexibility index (Phi) is 6.14. The van der Waals surface area contributed by atoms with E-state index in [-0.39, 0.29) is 24.0 Å². The molecule has 0 aliphatic rings. The SMILES string of the molecule is CCS(=O)(=O)CCn1cc(NC(=O)CCc2cccc(C)c2)cn1. The summed E-state index contributed by atoms with van der Waals surface area (Å²) in [7, 11) is -3.02. The standard InChI is InChI=1S/C17H23N3O3S/c1-3-24(22,23)10-9-20-13-16(12-18-20)19-17(21)8-7-15-6-4-5-14(2)11-15/h4-6,11-13H,3,7-10H2,1-2H3,(H,19,21). The number of rotatable bonds is 8. The first-order valence-corrected chi connectivity index (χ1v) is 9.78. The molecular weight excluding hydrogens is 326 g/mol. The van der Waals surface area contributed by atoms with E-state index in [4.69, 9.17) is 0 Å². The van der Waals surface area contributed by atoms with Crippen LogP contribution in [-0.4, -0.2) is 35.6 Å². The quantitative estimate of drug-likeness (QED) is 0.792. The third-order valence-corrected chi connectivity index (χ3v) is 5.40. The number of aromatic nitrogens is 2. The molecule has 0 bridgehead atoms. The van der Waals surface area contributed by atoms with Crippen LogP contribution in [0.1, 0.15) is 24.5 Å². The lowest BCUT2D eigenvalue weighted by Gasteiger charge is -2.04. The maximum absolute atomic E-state index is 12.0. The highest BCUT2D eigenvalue weighted by molar-refractivity contribution is 7.91. The Morgan fingerprint density at radius 1 is 1.33 bits per heavy atom. The predicted octanol–water partition coefficient (Wildman–Crippen LogP) is 2.20. The maximum atomic E-state index is 12.0. The van der Waals surface area contributed by atoms with Crippen molar-refractivity contribution >= 4 is 21.4 Å². The van der Waals surface area contributed by atoms with Gasteiger partial charge in [-0.3, -0.25) is 9.48 Å². The summed E-state index contributed by atoms with van der Waals surface area (Å²) in [5, 5.41) is 6.86. The summed E-state index contributed by atoms with van der Waals surface area (Å²) in [6, 6.07) is 8.08. The minimum absolute atomic E-state index is 0.0475. The Bertz CT molecular complexity index is 797. The number of nitrogens with one attached hydrogen (secondary N) is 1. The number of nitrogens with zero attached hydrogens (tertiary/aromatic N) is 2. The van der Waals surface area contributed by atoms with Crippen LogP contribution in [0.15, 0.2) is 36.7 Å². The zero-order chi connectivity index (χ0) is 17.6. The molecule has 2 aromatic rings. The average molecular weight is 349 g/mol. The van der Waals surface area contributed by atoms with E-state index in [9.17, 15) is 13.2 Å². The minimum Gasteiger partial charge on any atom is -0.323 e. The van der Waals surface area contributed by atoms with Crippen LogP contribution in [0.3, 0.4) is 0 Å². The van der Waals surface area contributed by atoms with E-state index in [0.29, 0.717) is 18.5 Å². The van der Waals surface area contributed by atoms with Crippen LogP contribution in [0.25, 0.3) is 0 Å². The Morgan fingerprint density at radius 2 is 2.12 bits per heavy atom. The zero-order valence-electron chi connectivity index (χ0n) is 14.0. The molecule has 0 spiro atoms. The Hall–Kier alpha value is -2.15. The molecule has 0 unspecified atom stereocenters. The van der Waals surface area contributed by atoms with Gasteiger partial charge in [0.15, 0.2) is 9.84 Å². The van der Waals surface area contributed by atoms with Gasteiger partial charge in [0.05, 0.1) is 24.2 Å². The van der Waals surface area contributed by atoms with Gasteiger partial charge in [0.2, 0.25) is 5.91 Å². The molecule has 2 rings (SSSR count). The first-order chi connectivity index (χ1) is 11.4. The molecule has 1 aromatic carbocycles. The Balaban J connectivity index is 1.82. The molecular formula is C17H23N3O3S. The van der Waals surface area contributed by atoms with Crippen molar-refractivity contribution in [2.75, 3.05) is 16.8 Å². The summed E-state index contributed by atoms with van der Waals surface area (Å²) in [6.07, 6.45) is 4.24. The van der Waals surface area contributed by atoms with Crippen LogP contribution >= 0.6 is 0 Å². The van der Waals surface area contributed by atoms with Crippen molar-refractivity contribution in [2.45, 2.75) is 33.2 Å². The summed E-state index contributed by atoms with van der Waals surface area (Å²) in [5.74, 6) is 0.0835. The van der Waals surface area contributed by atoms with E-state index in [1.165, 1.54) is 16.4 Å². The lowest BCUT2D eigenvalue weighted by atomic mass is 10.1. The number of hydrogen-bond donors (Lipinski definition) is 1. The number of sulfone groups is 1. The highest BCUT2D eigenvalue weighted by atomic mass is 32.2. The Morgan fingerprint density at radius 3 is 2.83 bits per heavy atom. The van der Waals surface area contributed by atoms with E-state index in [1.54, 1.807) is 13.1 Å². The van der Waals surface area contributed by atoms with Gasteiger partial charge in [0.1, 0.15) is 0 Å². The number of carbonyl (C=O) groups is 1. The molecule has 1 aromatic heterocycles. The van der Waals surface area contributed by atoms with Gasteiger partial charge in [-0.2, -0.15) is 5.10 Å². The molecule has 24 heavy (non-hydrogen) atoms. The van der Waals surface area contributed by atoms with Gasteiger partial charge in [-0.15, -0.1) is 0 Å². The van der Waals surface area contributed by atoms with Gasteiger partial charge in [-0.05, 0) is 18.9 Å². The van der Waals surface area contributed by atoms with Crippen molar-refractivity contribution < 1.29 is 13.2 Å². The normalized spacial score (nSPS) is 11.4. The Labute approximate surface area is 142 Å². The van der Waals surface area contributed by atoms with Crippen molar-refractivity contribution in [1.29, 1.82) is 0 Å². The van der Waals surface area contributed by atoms with Crippen molar-refractivity contribution in [3.8, 4) is 0 Å². The summed E-state index contributed by atoms with van der Waals surface area (Å²) in [4.78, 5) is 12.0. The smallest absolute Gasteiger partial charge is 0.224 e. The summed E-state index contributed by atoms with van der Waals surface area (Å²) < 4.78 is 24.5. The zero-order valence-corrected chi connectivity index (χ0v) is 14.8. The van der Waals surface area contributed by atoms with Crippen molar-refractivity contribution in [1.82, 2.24) is 9.78 Å². The van der Waals surface area contributed by atoms with Gasteiger partial charge >= 0.3 is 0 Å². The van der Waals surface area contributed by atoms with Gasteiger partial charge < -0.3 is 5.32 Å². The van der Waals surface area contributed by atoms with E-state index in [0.717, 1.165) is 5.56 Å². The van der Waals surface area contributed by atoms with E-state index >= 15 is 0 Å². The summed E-state index contributed by atoms with van der Waals surface area (Å²) in [5.41, 5.74) is 2.89. The molecule has 0 radical (unpaired) electrons. The van der Waals surface area contributed by atoms with Crippen molar-refractivity contribution in [2.24, 2.45) is 0 Å². The minimum atomic E-state index is -3.02. The number of aryl methyl sites for hydroxylation is 3. The van der Waals surface area contributed by atoms with Gasteiger partial charge in [-0.25, -0.2) is 8.42 Å². The molecule has 6 nitrogen and oxygen atoms in total. The average Bonchev–Trinajstić information content (AvgIpc) is 2.99. The highest BCUT2D eigenvalue weighted by Crippen LogP contribution is 2.09. The number of amides is 1. The van der Waals surface area contributed by atoms with Gasteiger partial charge in [0, 0.05) is 18.4 Å². The van der Waals surface area contributed by atoms with E-state index in [1.807, 2.05) is 25.1 Å². The second-order valence-corrected chi connectivity index (χ2v) is 8.24. The molecule has 130 valence electrons. The van der Waals surface area contributed by atoms with Crippen molar-refractivity contribution in [3.05, 3.63) is 47.8 Å². The van der Waals surface area contributed by atoms with Crippen LogP contribution < -0.4 is 5.32 Å². The molecule has 0 aliphatic heterocycles. The van der Waals surface area contributed by atoms with E-state index in [2.05, 4.69) is 16.5 Å². The first kappa shape index (κ1) is 18.2. The molecule has 0 saturated heterocycles. The monoisotopic (exact) mass is 349 g/mol. The lowest BCUT2D eigenvalue weighted by molar-refractivity contribution is -0.116. The van der Waals surface area contributed by atoms with Crippen LogP contribution in [0, 0.1) is 6.92 Å². The lowest BCUT2D eigenvalue weighted by Crippen LogP contribution is -2.15. The van der Waals surface area contributed by atoms with Crippen molar-refractivity contribution in [3.63, 3.8) is 0 Å². The molecule has 1 heterocycles. The van der Waals surface area contributed by atoms with Crippen LogP contribution in [0.4, 0.5) is 5.69 Å². The fraction of sp³-hybridized carbons (Fsp3) is 0.412. The molecule has 0 aliphatic carbocycles. The number of hydrogen-bond acceptors (Lipinski definition) is 4. The molecule has 7 heteroatoms. The number of carbonyl (C=O) groups excluding carboxylic acids is 1. The maximum Gasteiger partial charge on any atom is 0.224 e. The fourth-order valence-corrected chi connectivity index (χ4v) is 3.03. The predicted molar refractivity (Wildman–Crippen MR) is 94.7 cm³/mol.